The van der Waals surface area contributed by atoms with E-state index in [4.69, 9.17) is 0 Å². The van der Waals surface area contributed by atoms with Crippen molar-refractivity contribution in [1.82, 2.24) is 0 Å². The molecule has 0 amide bonds. The lowest BCUT2D eigenvalue weighted by Crippen LogP contribution is -2.70. The van der Waals surface area contributed by atoms with E-state index < -0.39 is 53.2 Å². The predicted octanol–water partition coefficient (Wildman–Crippen LogP) is 3.36. The van der Waals surface area contributed by atoms with E-state index in [0.717, 1.165) is 0 Å². The highest BCUT2D eigenvalue weighted by atomic mass is 19.4. The second-order valence-corrected chi connectivity index (χ2v) is 4.97. The number of aliphatic hydroxyl groups excluding tert-OH is 2. The van der Waals surface area contributed by atoms with Gasteiger partial charge >= 0.3 is 24.1 Å². The van der Waals surface area contributed by atoms with Crippen molar-refractivity contribution < 1.29 is 54.5 Å². The summed E-state index contributed by atoms with van der Waals surface area (Å²) in [6, 6.07) is 0.528. The molecule has 0 saturated carbocycles. The molecular formula is C12H7F9O3. The highest BCUT2D eigenvalue weighted by molar-refractivity contribution is 5.44. The monoisotopic (exact) mass is 370 g/mol. The van der Waals surface area contributed by atoms with Crippen LogP contribution in [0.5, 0.6) is 5.75 Å². The van der Waals surface area contributed by atoms with Crippen molar-refractivity contribution in [3.63, 3.8) is 0 Å². The summed E-state index contributed by atoms with van der Waals surface area (Å²) in [5.74, 6) is -1.27. The number of ether oxygens (including phenoxy) is 1. The molecule has 0 unspecified atom stereocenters. The second-order valence-electron chi connectivity index (χ2n) is 4.97. The van der Waals surface area contributed by atoms with Gasteiger partial charge in [0.25, 0.3) is 0 Å². The molecule has 136 valence electrons. The Labute approximate surface area is 127 Å². The first-order chi connectivity index (χ1) is 10.6. The lowest BCUT2D eigenvalue weighted by Gasteiger charge is -2.45. The van der Waals surface area contributed by atoms with Crippen molar-refractivity contribution in [1.29, 1.82) is 0 Å². The van der Waals surface area contributed by atoms with Crippen molar-refractivity contribution in [3.05, 3.63) is 29.3 Å². The fourth-order valence-electron chi connectivity index (χ4n) is 2.29. The van der Waals surface area contributed by atoms with E-state index in [2.05, 4.69) is 4.74 Å². The summed E-state index contributed by atoms with van der Waals surface area (Å²) in [4.78, 5) is 0. The molecule has 0 saturated heterocycles. The Morgan fingerprint density at radius 3 is 1.79 bits per heavy atom. The minimum absolute atomic E-state index is 0.111. The Morgan fingerprint density at radius 2 is 1.38 bits per heavy atom. The van der Waals surface area contributed by atoms with Crippen molar-refractivity contribution in [2.75, 3.05) is 0 Å². The van der Waals surface area contributed by atoms with Crippen molar-refractivity contribution in [2.24, 2.45) is 0 Å². The third kappa shape index (κ3) is 2.57. The highest BCUT2D eigenvalue weighted by Gasteiger charge is 2.79. The van der Waals surface area contributed by atoms with Gasteiger partial charge in [-0.05, 0) is 18.2 Å². The quantitative estimate of drug-likeness (QED) is 0.689. The van der Waals surface area contributed by atoms with Gasteiger partial charge in [0.1, 0.15) is 18.0 Å². The molecule has 1 heterocycles. The maximum atomic E-state index is 13.0. The van der Waals surface area contributed by atoms with Gasteiger partial charge in [-0.25, -0.2) is 0 Å². The van der Waals surface area contributed by atoms with Crippen molar-refractivity contribution >= 4 is 0 Å². The second kappa shape index (κ2) is 5.15. The van der Waals surface area contributed by atoms with E-state index in [0.29, 0.717) is 0 Å². The molecule has 2 N–H and O–H groups in total. The summed E-state index contributed by atoms with van der Waals surface area (Å²) < 4.78 is 119. The summed E-state index contributed by atoms with van der Waals surface area (Å²) in [5.41, 5.74) is -7.66. The fraction of sp³-hybridized carbons (Fsp3) is 0.500. The van der Waals surface area contributed by atoms with E-state index >= 15 is 0 Å². The summed E-state index contributed by atoms with van der Waals surface area (Å²) in [5, 5.41) is 19.0. The lowest BCUT2D eigenvalue weighted by atomic mass is 9.84. The zero-order valence-corrected chi connectivity index (χ0v) is 11.1. The SMILES string of the molecule is O[C@H]1c2cc(C(F)(F)F)ccc2OC(C(F)(F)F)(C(F)(F)F)[C@H]1O. The van der Waals surface area contributed by atoms with Gasteiger partial charge in [-0.1, -0.05) is 0 Å². The maximum Gasteiger partial charge on any atom is 0.440 e. The van der Waals surface area contributed by atoms with Crippen LogP contribution in [0.25, 0.3) is 0 Å². The highest BCUT2D eigenvalue weighted by Crippen LogP contribution is 2.54. The standard InChI is InChI=1S/C12H7F9O3/c13-10(14,15)4-1-2-6-5(3-4)7(22)8(23)9(24-6,11(16,17)18)12(19,20)21/h1-3,7-8,22-23H/t7-,8-/m0/s1. The van der Waals surface area contributed by atoms with Gasteiger partial charge in [-0.2, -0.15) is 39.5 Å². The van der Waals surface area contributed by atoms with Crippen LogP contribution in [-0.4, -0.2) is 34.3 Å². The van der Waals surface area contributed by atoms with E-state index in [1.54, 1.807) is 0 Å². The zero-order valence-electron chi connectivity index (χ0n) is 11.1. The molecule has 1 aromatic rings. The smallest absolute Gasteiger partial charge is 0.440 e. The Bertz CT molecular complexity index is 618. The molecule has 0 radical (unpaired) electrons. The first kappa shape index (κ1) is 18.6. The van der Waals surface area contributed by atoms with Crippen LogP contribution in [0.4, 0.5) is 39.5 Å². The third-order valence-electron chi connectivity index (χ3n) is 3.48. The Balaban J connectivity index is 2.67. The molecule has 1 aliphatic heterocycles. The molecule has 3 nitrogen and oxygen atoms in total. The molecule has 0 bridgehead atoms. The number of rotatable bonds is 0. The zero-order chi connectivity index (χ0) is 18.7. The van der Waals surface area contributed by atoms with Crippen molar-refractivity contribution in [2.45, 2.75) is 36.3 Å². The van der Waals surface area contributed by atoms with Gasteiger partial charge in [-0.3, -0.25) is 0 Å². The molecule has 1 aliphatic rings. The summed E-state index contributed by atoms with van der Waals surface area (Å²) >= 11 is 0. The van der Waals surface area contributed by atoms with Crippen LogP contribution in [0.3, 0.4) is 0 Å². The number of hydrogen-bond acceptors (Lipinski definition) is 3. The van der Waals surface area contributed by atoms with E-state index in [9.17, 15) is 49.7 Å². The van der Waals surface area contributed by atoms with Crippen LogP contribution >= 0.6 is 0 Å². The summed E-state index contributed by atoms with van der Waals surface area (Å²) in [6.45, 7) is 0. The predicted molar refractivity (Wildman–Crippen MR) is 57.9 cm³/mol. The van der Waals surface area contributed by atoms with E-state index in [1.165, 1.54) is 0 Å². The lowest BCUT2D eigenvalue weighted by molar-refractivity contribution is -0.392. The molecule has 0 spiro atoms. The average Bonchev–Trinajstić information content (AvgIpc) is 2.38. The topological polar surface area (TPSA) is 49.7 Å². The number of hydrogen-bond donors (Lipinski definition) is 2. The molecule has 0 aliphatic carbocycles. The third-order valence-corrected chi connectivity index (χ3v) is 3.48. The number of alkyl halides is 9. The first-order valence-corrected chi connectivity index (χ1v) is 6.02. The van der Waals surface area contributed by atoms with Gasteiger partial charge in [0.15, 0.2) is 0 Å². The Morgan fingerprint density at radius 1 is 0.875 bits per heavy atom. The van der Waals surface area contributed by atoms with Crippen molar-refractivity contribution in [3.8, 4) is 5.75 Å². The molecule has 2 rings (SSSR count). The Hall–Kier alpha value is -1.69. The van der Waals surface area contributed by atoms with Crippen LogP contribution in [0, 0.1) is 0 Å². The van der Waals surface area contributed by atoms with Crippen LogP contribution < -0.4 is 4.74 Å². The van der Waals surface area contributed by atoms with Gasteiger partial charge in [0.05, 0.1) is 5.56 Å². The van der Waals surface area contributed by atoms with Gasteiger partial charge in [0, 0.05) is 5.56 Å². The molecular weight excluding hydrogens is 363 g/mol. The van der Waals surface area contributed by atoms with Gasteiger partial charge < -0.3 is 14.9 Å². The first-order valence-electron chi connectivity index (χ1n) is 6.02. The van der Waals surface area contributed by atoms with E-state index in [-0.39, 0.29) is 18.2 Å². The fourth-order valence-corrected chi connectivity index (χ4v) is 2.29. The van der Waals surface area contributed by atoms with Crippen LogP contribution in [0.2, 0.25) is 0 Å². The number of fused-ring (bicyclic) bond motifs is 1. The van der Waals surface area contributed by atoms with Gasteiger partial charge in [-0.15, -0.1) is 0 Å². The molecule has 0 fully saturated rings. The minimum atomic E-state index is -6.20. The van der Waals surface area contributed by atoms with E-state index in [1.807, 2.05) is 0 Å². The van der Waals surface area contributed by atoms with Crippen LogP contribution in [-0.2, 0) is 6.18 Å². The maximum absolute atomic E-state index is 13.0. The van der Waals surface area contributed by atoms with Crippen LogP contribution in [0.1, 0.15) is 17.2 Å². The molecule has 2 atom stereocenters. The summed E-state index contributed by atoms with van der Waals surface area (Å²) in [7, 11) is 0. The number of aliphatic hydroxyl groups is 2. The molecule has 1 aromatic carbocycles. The number of benzene rings is 1. The minimum Gasteiger partial charge on any atom is -0.466 e. The normalized spacial score (nSPS) is 24.3. The molecule has 0 aromatic heterocycles. The molecule has 12 heteroatoms. The number of halogens is 9. The molecule has 24 heavy (non-hydrogen) atoms. The largest absolute Gasteiger partial charge is 0.466 e. The Kier molecular flexibility index (Phi) is 4.00. The summed E-state index contributed by atoms with van der Waals surface area (Å²) in [6.07, 6.45) is -23.9. The average molecular weight is 370 g/mol. The van der Waals surface area contributed by atoms with Gasteiger partial charge in [0.2, 0.25) is 0 Å². The van der Waals surface area contributed by atoms with Crippen LogP contribution in [0.15, 0.2) is 18.2 Å².